The third kappa shape index (κ3) is 4.09. The van der Waals surface area contributed by atoms with Crippen molar-refractivity contribution in [2.75, 3.05) is 0 Å². The predicted molar refractivity (Wildman–Crippen MR) is 126 cm³/mol. The van der Waals surface area contributed by atoms with Crippen molar-refractivity contribution < 1.29 is 9.85 Å². The van der Waals surface area contributed by atoms with Gasteiger partial charge >= 0.3 is 0 Å². The average molecular weight is 488 g/mol. The summed E-state index contributed by atoms with van der Waals surface area (Å²) in [5, 5.41) is 23.7. The number of halogens is 2. The van der Waals surface area contributed by atoms with Crippen LogP contribution in [0.1, 0.15) is 24.0 Å². The van der Waals surface area contributed by atoms with E-state index in [2.05, 4.69) is 4.40 Å². The molecule has 0 radical (unpaired) electrons. The number of benzene rings is 3. The lowest BCUT2D eigenvalue weighted by Gasteiger charge is -2.44. The lowest BCUT2D eigenvalue weighted by atomic mass is 9.59. The molecule has 0 N–H and O–H groups in total. The van der Waals surface area contributed by atoms with Crippen LogP contribution in [0.25, 0.3) is 0 Å². The van der Waals surface area contributed by atoms with Crippen LogP contribution in [0.15, 0.2) is 76.0 Å². The molecule has 0 aliphatic heterocycles. The first kappa shape index (κ1) is 22.3. The van der Waals surface area contributed by atoms with Gasteiger partial charge in [-0.1, -0.05) is 47.5 Å². The first-order valence-corrected chi connectivity index (χ1v) is 11.0. The molecule has 4 rings (SSSR count). The highest BCUT2D eigenvalue weighted by Gasteiger charge is 2.46. The van der Waals surface area contributed by atoms with E-state index in [0.717, 1.165) is 41.3 Å². The Morgan fingerprint density at radius 3 is 1.84 bits per heavy atom. The number of non-ortho nitro benzene ring substituents is 1. The van der Waals surface area contributed by atoms with Gasteiger partial charge in [0.2, 0.25) is 0 Å². The normalized spacial score (nSPS) is 15.9. The van der Waals surface area contributed by atoms with Gasteiger partial charge in [-0.15, -0.1) is 0 Å². The summed E-state index contributed by atoms with van der Waals surface area (Å²) in [5.74, 6) is 0. The Labute approximate surface area is 197 Å². The second kappa shape index (κ2) is 8.90. The molecule has 7 nitrogen and oxygen atoms in total. The minimum Gasteiger partial charge on any atom is -0.258 e. The van der Waals surface area contributed by atoms with Gasteiger partial charge in [0.25, 0.3) is 11.4 Å². The van der Waals surface area contributed by atoms with E-state index in [1.807, 2.05) is 48.5 Å². The highest BCUT2D eigenvalue weighted by atomic mass is 35.5. The van der Waals surface area contributed by atoms with Crippen LogP contribution < -0.4 is 0 Å². The molecule has 0 spiro atoms. The molecule has 0 bridgehead atoms. The van der Waals surface area contributed by atoms with Crippen molar-refractivity contribution in [3.05, 3.63) is 108 Å². The second-order valence-corrected chi connectivity index (χ2v) is 8.89. The van der Waals surface area contributed by atoms with E-state index in [4.69, 9.17) is 23.2 Å². The summed E-state index contributed by atoms with van der Waals surface area (Å²) in [6.07, 6.45) is 1.51. The van der Waals surface area contributed by atoms with Crippen molar-refractivity contribution in [1.29, 1.82) is 0 Å². The Kier molecular flexibility index (Phi) is 6.19. The predicted octanol–water partition coefficient (Wildman–Crippen LogP) is 7.04. The summed E-state index contributed by atoms with van der Waals surface area (Å²) in [4.78, 5) is 21.4. The molecule has 32 heavy (non-hydrogen) atoms. The molecule has 10 heteroatoms. The second-order valence-electron chi connectivity index (χ2n) is 7.21. The first-order valence-electron chi connectivity index (χ1n) is 9.50. The maximum atomic E-state index is 11.5. The number of nitro benzene ring substituents is 2. The molecule has 3 aromatic rings. The van der Waals surface area contributed by atoms with Gasteiger partial charge in [-0.05, 0) is 54.3 Å². The van der Waals surface area contributed by atoms with Crippen molar-refractivity contribution in [2.24, 2.45) is 4.40 Å². The summed E-state index contributed by atoms with van der Waals surface area (Å²) in [5.41, 5.74) is 1.67. The van der Waals surface area contributed by atoms with Crippen LogP contribution in [0.5, 0.6) is 0 Å². The fourth-order valence-electron chi connectivity index (χ4n) is 3.81. The smallest absolute Gasteiger partial charge is 0.258 e. The summed E-state index contributed by atoms with van der Waals surface area (Å²) < 4.78 is 4.66. The number of rotatable bonds is 6. The van der Waals surface area contributed by atoms with E-state index in [1.54, 1.807) is 0 Å². The van der Waals surface area contributed by atoms with E-state index in [1.165, 1.54) is 12.1 Å². The zero-order valence-electron chi connectivity index (χ0n) is 16.4. The van der Waals surface area contributed by atoms with Crippen molar-refractivity contribution in [3.8, 4) is 0 Å². The monoisotopic (exact) mass is 487 g/mol. The standard InChI is InChI=1S/C22H15Cl2N3O4S/c23-16-5-1-14(2-6-16)22(15-3-7-17(24)8-4-15)12-11-21(22)25-32-20-10-9-18(26(28)29)13-19(20)27(30)31/h1-10,13H,11-12H2/b25-21+. The summed E-state index contributed by atoms with van der Waals surface area (Å²) in [7, 11) is 0. The molecule has 0 saturated heterocycles. The zero-order valence-corrected chi connectivity index (χ0v) is 18.7. The first-order chi connectivity index (χ1) is 15.3. The van der Waals surface area contributed by atoms with Gasteiger partial charge in [0.05, 0.1) is 21.3 Å². The molecule has 1 saturated carbocycles. The Balaban J connectivity index is 1.75. The van der Waals surface area contributed by atoms with Crippen molar-refractivity contribution >= 4 is 52.2 Å². The number of hydrogen-bond donors (Lipinski definition) is 0. The Morgan fingerprint density at radius 2 is 1.41 bits per heavy atom. The van der Waals surface area contributed by atoms with Gasteiger partial charge < -0.3 is 0 Å². The minimum atomic E-state index is -0.661. The van der Waals surface area contributed by atoms with Crippen LogP contribution in [0.4, 0.5) is 11.4 Å². The number of hydrogen-bond acceptors (Lipinski definition) is 6. The van der Waals surface area contributed by atoms with Gasteiger partial charge in [0, 0.05) is 33.8 Å². The van der Waals surface area contributed by atoms with Crippen LogP contribution in [0.3, 0.4) is 0 Å². The highest BCUT2D eigenvalue weighted by molar-refractivity contribution is 7.98. The summed E-state index contributed by atoms with van der Waals surface area (Å²) in [6.45, 7) is 0. The van der Waals surface area contributed by atoms with Gasteiger partial charge in [0.1, 0.15) is 4.90 Å². The van der Waals surface area contributed by atoms with Crippen LogP contribution in [0, 0.1) is 20.2 Å². The lowest BCUT2D eigenvalue weighted by Crippen LogP contribution is -2.46. The molecule has 1 fully saturated rings. The molecule has 0 amide bonds. The average Bonchev–Trinajstić information content (AvgIpc) is 2.76. The van der Waals surface area contributed by atoms with E-state index in [9.17, 15) is 20.2 Å². The highest BCUT2D eigenvalue weighted by Crippen LogP contribution is 2.49. The molecule has 0 atom stereocenters. The molecule has 1 aliphatic carbocycles. The molecule has 3 aromatic carbocycles. The largest absolute Gasteiger partial charge is 0.291 e. The molecule has 0 aromatic heterocycles. The Hall–Kier alpha value is -2.94. The quantitative estimate of drug-likeness (QED) is 0.211. The Morgan fingerprint density at radius 1 is 0.844 bits per heavy atom. The van der Waals surface area contributed by atoms with Gasteiger partial charge in [-0.25, -0.2) is 4.40 Å². The van der Waals surface area contributed by atoms with E-state index >= 15 is 0 Å². The van der Waals surface area contributed by atoms with Crippen LogP contribution in [-0.4, -0.2) is 15.6 Å². The van der Waals surface area contributed by atoms with Crippen LogP contribution in [-0.2, 0) is 5.41 Å². The van der Waals surface area contributed by atoms with Gasteiger partial charge in [0.15, 0.2) is 0 Å². The van der Waals surface area contributed by atoms with E-state index < -0.39 is 15.3 Å². The van der Waals surface area contributed by atoms with Crippen molar-refractivity contribution in [1.82, 2.24) is 0 Å². The van der Waals surface area contributed by atoms with Crippen molar-refractivity contribution in [3.63, 3.8) is 0 Å². The summed E-state index contributed by atoms with van der Waals surface area (Å²) in [6, 6.07) is 18.6. The fraction of sp³-hybridized carbons (Fsp3) is 0.136. The fourth-order valence-corrected chi connectivity index (χ4v) is 4.87. The van der Waals surface area contributed by atoms with E-state index in [-0.39, 0.29) is 16.3 Å². The van der Waals surface area contributed by atoms with Crippen LogP contribution >= 0.6 is 35.1 Å². The van der Waals surface area contributed by atoms with Gasteiger partial charge in [-0.3, -0.25) is 20.2 Å². The zero-order chi connectivity index (χ0) is 22.9. The lowest BCUT2D eigenvalue weighted by molar-refractivity contribution is -0.396. The molecule has 0 heterocycles. The minimum absolute atomic E-state index is 0.237. The summed E-state index contributed by atoms with van der Waals surface area (Å²) >= 11 is 13.1. The third-order valence-electron chi connectivity index (χ3n) is 5.51. The molecular formula is C22H15Cl2N3O4S. The third-order valence-corrected chi connectivity index (χ3v) is 6.87. The number of nitro groups is 2. The van der Waals surface area contributed by atoms with E-state index in [0.29, 0.717) is 16.5 Å². The SMILES string of the molecule is O=[N+]([O-])c1ccc(S/N=C2\CCC2(c2ccc(Cl)cc2)c2ccc(Cl)cc2)c([N+](=O)[O-])c1. The van der Waals surface area contributed by atoms with Gasteiger partial charge in [-0.2, -0.15) is 0 Å². The van der Waals surface area contributed by atoms with Crippen LogP contribution in [0.2, 0.25) is 10.0 Å². The maximum absolute atomic E-state index is 11.5. The number of nitrogens with zero attached hydrogens (tertiary/aromatic N) is 3. The molecule has 0 unspecified atom stereocenters. The topological polar surface area (TPSA) is 98.6 Å². The van der Waals surface area contributed by atoms with Crippen molar-refractivity contribution in [2.45, 2.75) is 23.2 Å². The Bertz CT molecular complexity index is 1190. The molecule has 162 valence electrons. The molecular weight excluding hydrogens is 473 g/mol. The maximum Gasteiger partial charge on any atom is 0.291 e. The molecule has 1 aliphatic rings.